The largest absolute Gasteiger partial charge is 0.389 e. The summed E-state index contributed by atoms with van der Waals surface area (Å²) in [5.41, 5.74) is 3.85. The summed E-state index contributed by atoms with van der Waals surface area (Å²) in [5, 5.41) is 10.2. The van der Waals surface area contributed by atoms with Gasteiger partial charge in [0.25, 0.3) is 5.91 Å². The van der Waals surface area contributed by atoms with Gasteiger partial charge >= 0.3 is 0 Å². The van der Waals surface area contributed by atoms with Crippen LogP contribution in [0.1, 0.15) is 93.8 Å². The summed E-state index contributed by atoms with van der Waals surface area (Å²) >= 11 is 0. The van der Waals surface area contributed by atoms with Gasteiger partial charge in [-0.1, -0.05) is 18.2 Å². The van der Waals surface area contributed by atoms with Gasteiger partial charge in [-0.05, 0) is 107 Å². The number of aliphatic hydroxyl groups excluding tert-OH is 1. The van der Waals surface area contributed by atoms with Gasteiger partial charge in [0, 0.05) is 28.7 Å². The average molecular weight is 481 g/mol. The number of nitrogens with zero attached hydrogens (tertiary/aromatic N) is 1. The van der Waals surface area contributed by atoms with Crippen molar-refractivity contribution in [3.8, 4) is 0 Å². The van der Waals surface area contributed by atoms with Crippen molar-refractivity contribution in [2.45, 2.75) is 88.2 Å². The number of aliphatic hydroxyl groups is 1. The molecule has 2 unspecified atom stereocenters. The Hall–Kier alpha value is -2.02. The van der Waals surface area contributed by atoms with E-state index >= 15 is 0 Å². The van der Waals surface area contributed by atoms with E-state index in [4.69, 9.17) is 0 Å². The SMILES string of the molecule is CC(O)c1ccc2c(c1)C1(CCC3(CC3)CC1)CN2C(=O)c1cccc(S(=O)NC(C)(C)C)c1. The summed E-state index contributed by atoms with van der Waals surface area (Å²) in [6, 6.07) is 13.3. The molecule has 0 aromatic heterocycles. The molecule has 2 atom stereocenters. The van der Waals surface area contributed by atoms with Crippen LogP contribution in [0.2, 0.25) is 0 Å². The van der Waals surface area contributed by atoms with Crippen molar-refractivity contribution >= 4 is 22.6 Å². The Labute approximate surface area is 205 Å². The first-order chi connectivity index (χ1) is 16.0. The maximum atomic E-state index is 13.8. The highest BCUT2D eigenvalue weighted by atomic mass is 32.2. The van der Waals surface area contributed by atoms with Gasteiger partial charge in [-0.3, -0.25) is 4.79 Å². The predicted molar refractivity (Wildman–Crippen MR) is 136 cm³/mol. The molecular weight excluding hydrogens is 444 g/mol. The van der Waals surface area contributed by atoms with Crippen LogP contribution in [0.15, 0.2) is 47.4 Å². The summed E-state index contributed by atoms with van der Waals surface area (Å²) in [7, 11) is -1.40. The van der Waals surface area contributed by atoms with Gasteiger partial charge in [-0.15, -0.1) is 0 Å². The van der Waals surface area contributed by atoms with E-state index in [1.54, 1.807) is 19.1 Å². The maximum Gasteiger partial charge on any atom is 0.258 e. The zero-order valence-electron chi connectivity index (χ0n) is 20.7. The van der Waals surface area contributed by atoms with Gasteiger partial charge in [0.2, 0.25) is 0 Å². The van der Waals surface area contributed by atoms with Gasteiger partial charge in [-0.2, -0.15) is 0 Å². The van der Waals surface area contributed by atoms with Crippen LogP contribution < -0.4 is 9.62 Å². The number of benzene rings is 2. The van der Waals surface area contributed by atoms with Crippen LogP contribution in [0.5, 0.6) is 0 Å². The van der Waals surface area contributed by atoms with Crippen LogP contribution in [0.3, 0.4) is 0 Å². The molecule has 2 fully saturated rings. The van der Waals surface area contributed by atoms with Crippen molar-refractivity contribution in [1.29, 1.82) is 0 Å². The van der Waals surface area contributed by atoms with Gasteiger partial charge in [0.1, 0.15) is 11.0 Å². The van der Waals surface area contributed by atoms with Crippen LogP contribution >= 0.6 is 0 Å². The van der Waals surface area contributed by atoms with E-state index in [0.29, 0.717) is 22.4 Å². The first kappa shape index (κ1) is 23.7. The number of hydrogen-bond donors (Lipinski definition) is 2. The number of nitrogens with one attached hydrogen (secondary N) is 1. The van der Waals surface area contributed by atoms with Gasteiger partial charge in [0.15, 0.2) is 0 Å². The smallest absolute Gasteiger partial charge is 0.258 e. The molecule has 5 nitrogen and oxygen atoms in total. The fourth-order valence-corrected chi connectivity index (χ4v) is 6.84. The Bertz CT molecular complexity index is 1140. The van der Waals surface area contributed by atoms with Crippen molar-refractivity contribution in [3.63, 3.8) is 0 Å². The Balaban J connectivity index is 1.47. The highest BCUT2D eigenvalue weighted by Crippen LogP contribution is 2.62. The van der Waals surface area contributed by atoms with Gasteiger partial charge in [-0.25, -0.2) is 8.93 Å². The summed E-state index contributed by atoms with van der Waals surface area (Å²) < 4.78 is 15.9. The molecule has 2 aliphatic carbocycles. The number of rotatable bonds is 4. The second-order valence-corrected chi connectivity index (χ2v) is 13.0. The fraction of sp³-hybridized carbons (Fsp3) is 0.536. The molecule has 6 heteroatoms. The van der Waals surface area contributed by atoms with Crippen LogP contribution in [0, 0.1) is 5.41 Å². The molecule has 3 aliphatic rings. The Kier molecular flexibility index (Phi) is 5.78. The molecule has 1 amide bonds. The number of anilines is 1. The number of fused-ring (bicyclic) bond motifs is 2. The van der Waals surface area contributed by atoms with Crippen molar-refractivity contribution in [2.24, 2.45) is 5.41 Å². The third-order valence-electron chi connectivity index (χ3n) is 7.99. The normalized spacial score (nSPS) is 22.0. The summed E-state index contributed by atoms with van der Waals surface area (Å²) in [4.78, 5) is 16.3. The lowest BCUT2D eigenvalue weighted by atomic mass is 9.66. The fourth-order valence-electron chi connectivity index (χ4n) is 5.73. The number of carbonyl (C=O) groups excluding carboxylic acids is 1. The molecular formula is C28H36N2O3S. The van der Waals surface area contributed by atoms with E-state index in [0.717, 1.165) is 24.1 Å². The Morgan fingerprint density at radius 3 is 2.35 bits per heavy atom. The zero-order chi connectivity index (χ0) is 24.3. The number of hydrogen-bond acceptors (Lipinski definition) is 3. The second kappa shape index (κ2) is 8.28. The molecule has 5 rings (SSSR count). The first-order valence-corrected chi connectivity index (χ1v) is 13.6. The minimum Gasteiger partial charge on any atom is -0.389 e. The van der Waals surface area contributed by atoms with Crippen molar-refractivity contribution in [2.75, 3.05) is 11.4 Å². The molecule has 1 heterocycles. The minimum atomic E-state index is -1.40. The molecule has 2 spiro atoms. The highest BCUT2D eigenvalue weighted by molar-refractivity contribution is 7.83. The molecule has 2 saturated carbocycles. The molecule has 0 saturated heterocycles. The summed E-state index contributed by atoms with van der Waals surface area (Å²) in [6.45, 7) is 8.38. The van der Waals surface area contributed by atoms with Crippen LogP contribution in [0.25, 0.3) is 0 Å². The molecule has 2 aromatic rings. The number of amides is 1. The zero-order valence-corrected chi connectivity index (χ0v) is 21.5. The summed E-state index contributed by atoms with van der Waals surface area (Å²) in [6.07, 6.45) is 6.78. The van der Waals surface area contributed by atoms with E-state index in [1.807, 2.05) is 49.9 Å². The molecule has 2 aromatic carbocycles. The van der Waals surface area contributed by atoms with Gasteiger partial charge < -0.3 is 10.0 Å². The third-order valence-corrected chi connectivity index (χ3v) is 9.47. The third kappa shape index (κ3) is 4.36. The minimum absolute atomic E-state index is 0.0437. The predicted octanol–water partition coefficient (Wildman–Crippen LogP) is 5.40. The Morgan fingerprint density at radius 2 is 1.74 bits per heavy atom. The maximum absolute atomic E-state index is 13.8. The second-order valence-electron chi connectivity index (χ2n) is 11.8. The lowest BCUT2D eigenvalue weighted by Gasteiger charge is -2.38. The van der Waals surface area contributed by atoms with Crippen LogP contribution in [-0.4, -0.2) is 27.3 Å². The van der Waals surface area contributed by atoms with E-state index in [2.05, 4.69) is 10.8 Å². The summed E-state index contributed by atoms with van der Waals surface area (Å²) in [5.74, 6) is -0.0516. The van der Waals surface area contributed by atoms with Crippen LogP contribution in [-0.2, 0) is 16.4 Å². The van der Waals surface area contributed by atoms with Gasteiger partial charge in [0.05, 0.1) is 11.0 Å². The lowest BCUT2D eigenvalue weighted by molar-refractivity contribution is 0.0980. The standard InChI is InChI=1S/C28H36N2O3S/c1-19(31)20-8-9-24-23(17-20)28(14-12-27(10-11-27)13-15-28)18-30(24)25(32)21-6-5-7-22(16-21)34(33)29-26(2,3)4/h5-9,16-17,19,29,31H,10-15,18H2,1-4H3. The van der Waals surface area contributed by atoms with E-state index in [9.17, 15) is 14.1 Å². The molecule has 2 N–H and O–H groups in total. The topological polar surface area (TPSA) is 69.6 Å². The lowest BCUT2D eigenvalue weighted by Crippen LogP contribution is -2.40. The van der Waals surface area contributed by atoms with E-state index in [1.165, 1.54) is 31.2 Å². The van der Waals surface area contributed by atoms with Crippen LogP contribution in [0.4, 0.5) is 5.69 Å². The quantitative estimate of drug-likeness (QED) is 0.615. The average Bonchev–Trinajstić information content (AvgIpc) is 3.49. The van der Waals surface area contributed by atoms with E-state index in [-0.39, 0.29) is 16.9 Å². The van der Waals surface area contributed by atoms with Crippen molar-refractivity contribution in [1.82, 2.24) is 4.72 Å². The monoisotopic (exact) mass is 480 g/mol. The molecule has 182 valence electrons. The van der Waals surface area contributed by atoms with Crippen molar-refractivity contribution in [3.05, 3.63) is 59.2 Å². The highest BCUT2D eigenvalue weighted by Gasteiger charge is 2.53. The molecule has 0 radical (unpaired) electrons. The molecule has 0 bridgehead atoms. The Morgan fingerprint density at radius 1 is 1.06 bits per heavy atom. The first-order valence-electron chi connectivity index (χ1n) is 12.5. The van der Waals surface area contributed by atoms with E-state index < -0.39 is 17.1 Å². The number of carbonyl (C=O) groups is 1. The molecule has 1 aliphatic heterocycles. The molecule has 34 heavy (non-hydrogen) atoms. The van der Waals surface area contributed by atoms with Crippen molar-refractivity contribution < 1.29 is 14.1 Å².